The molecule has 0 aliphatic carbocycles. The van der Waals surface area contributed by atoms with Crippen molar-refractivity contribution in [2.45, 2.75) is 0 Å². The number of rotatable bonds is 7. The van der Waals surface area contributed by atoms with Crippen LogP contribution in [0.2, 0.25) is 0 Å². The highest BCUT2D eigenvalue weighted by molar-refractivity contribution is 5.84. The first-order valence-electron chi connectivity index (χ1n) is 15.9. The summed E-state index contributed by atoms with van der Waals surface area (Å²) in [5, 5.41) is 0. The second-order valence-electron chi connectivity index (χ2n) is 11.6. The molecule has 0 fully saturated rings. The zero-order valence-corrected chi connectivity index (χ0v) is 26.1. The minimum Gasteiger partial charge on any atom is -0.255 e. The smallest absolute Gasteiger partial charge is 0.0892 e. The van der Waals surface area contributed by atoms with Gasteiger partial charge in [-0.05, 0) is 134 Å². The molecule has 0 saturated carbocycles. The van der Waals surface area contributed by atoms with E-state index in [-0.39, 0.29) is 0 Å². The SMILES string of the molecule is c1ccc(-c2cc(-c3cccc(-c4ccnc(-c5ccccn5)c4)c3)cc(-c3cccc(-c4ccnc(-c5ccccn5)c4)c3)c2)cc1. The summed E-state index contributed by atoms with van der Waals surface area (Å²) in [6.07, 6.45) is 7.31. The number of hydrogen-bond acceptors (Lipinski definition) is 4. The minimum absolute atomic E-state index is 0.855. The van der Waals surface area contributed by atoms with E-state index in [1.54, 1.807) is 12.4 Å². The predicted octanol–water partition coefficient (Wildman–Crippen LogP) is 10.9. The number of hydrogen-bond donors (Lipinski definition) is 0. The molecule has 0 atom stereocenters. The second kappa shape index (κ2) is 13.1. The van der Waals surface area contributed by atoms with Crippen LogP contribution in [0.4, 0.5) is 0 Å². The predicted molar refractivity (Wildman–Crippen MR) is 196 cm³/mol. The Morgan fingerprint density at radius 3 is 1.02 bits per heavy atom. The first-order valence-corrected chi connectivity index (χ1v) is 15.9. The Morgan fingerprint density at radius 1 is 0.208 bits per heavy atom. The van der Waals surface area contributed by atoms with Gasteiger partial charge in [0.2, 0.25) is 0 Å². The lowest BCUT2D eigenvalue weighted by Crippen LogP contribution is -1.90. The van der Waals surface area contributed by atoms with Crippen LogP contribution >= 0.6 is 0 Å². The van der Waals surface area contributed by atoms with Crippen LogP contribution in [0.3, 0.4) is 0 Å². The molecule has 226 valence electrons. The number of benzene rings is 4. The van der Waals surface area contributed by atoms with E-state index in [1.165, 1.54) is 11.1 Å². The molecule has 0 N–H and O–H groups in total. The molecule has 0 spiro atoms. The first kappa shape index (κ1) is 28.9. The summed E-state index contributed by atoms with van der Waals surface area (Å²) >= 11 is 0. The fourth-order valence-electron chi connectivity index (χ4n) is 6.04. The Morgan fingerprint density at radius 2 is 0.562 bits per heavy atom. The molecule has 0 saturated heterocycles. The van der Waals surface area contributed by atoms with Crippen LogP contribution in [-0.4, -0.2) is 19.9 Å². The third-order valence-corrected chi connectivity index (χ3v) is 8.47. The van der Waals surface area contributed by atoms with E-state index < -0.39 is 0 Å². The maximum Gasteiger partial charge on any atom is 0.0892 e. The topological polar surface area (TPSA) is 51.6 Å². The molecule has 8 rings (SSSR count). The van der Waals surface area contributed by atoms with Crippen molar-refractivity contribution in [3.8, 4) is 78.4 Å². The van der Waals surface area contributed by atoms with E-state index in [0.717, 1.165) is 67.3 Å². The summed E-state index contributed by atoms with van der Waals surface area (Å²) in [5.41, 5.74) is 14.8. The highest BCUT2D eigenvalue weighted by Gasteiger charge is 2.11. The summed E-state index contributed by atoms with van der Waals surface area (Å²) in [4.78, 5) is 18.2. The lowest BCUT2D eigenvalue weighted by molar-refractivity contribution is 1.25. The van der Waals surface area contributed by atoms with Crippen LogP contribution < -0.4 is 0 Å². The largest absolute Gasteiger partial charge is 0.255 e. The Bertz CT molecular complexity index is 2190. The Hall–Kier alpha value is -6.52. The van der Waals surface area contributed by atoms with Crippen LogP contribution in [0.5, 0.6) is 0 Å². The van der Waals surface area contributed by atoms with Crippen molar-refractivity contribution in [3.63, 3.8) is 0 Å². The summed E-state index contributed by atoms with van der Waals surface area (Å²) < 4.78 is 0. The number of pyridine rings is 4. The molecule has 4 heterocycles. The fraction of sp³-hybridized carbons (Fsp3) is 0. The molecule has 8 aromatic rings. The van der Waals surface area contributed by atoms with Gasteiger partial charge in [-0.1, -0.05) is 78.9 Å². The molecule has 4 aromatic heterocycles. The van der Waals surface area contributed by atoms with E-state index in [0.29, 0.717) is 0 Å². The van der Waals surface area contributed by atoms with Crippen molar-refractivity contribution in [3.05, 3.63) is 183 Å². The van der Waals surface area contributed by atoms with Crippen LogP contribution in [0.15, 0.2) is 183 Å². The van der Waals surface area contributed by atoms with Gasteiger partial charge in [0, 0.05) is 24.8 Å². The van der Waals surface area contributed by atoms with Gasteiger partial charge < -0.3 is 0 Å². The van der Waals surface area contributed by atoms with Crippen molar-refractivity contribution < 1.29 is 0 Å². The summed E-state index contributed by atoms with van der Waals surface area (Å²) in [6, 6.07) is 55.0. The molecule has 0 unspecified atom stereocenters. The quantitative estimate of drug-likeness (QED) is 0.179. The average Bonchev–Trinajstić information content (AvgIpc) is 3.19. The monoisotopic (exact) mass is 614 g/mol. The van der Waals surface area contributed by atoms with Crippen molar-refractivity contribution in [2.24, 2.45) is 0 Å². The van der Waals surface area contributed by atoms with Gasteiger partial charge in [0.15, 0.2) is 0 Å². The first-order chi connectivity index (χ1) is 23.8. The van der Waals surface area contributed by atoms with E-state index in [4.69, 9.17) is 0 Å². The highest BCUT2D eigenvalue weighted by Crippen LogP contribution is 2.36. The molecule has 4 nitrogen and oxygen atoms in total. The lowest BCUT2D eigenvalue weighted by atomic mass is 9.91. The third-order valence-electron chi connectivity index (χ3n) is 8.47. The van der Waals surface area contributed by atoms with Crippen LogP contribution in [-0.2, 0) is 0 Å². The molecule has 0 amide bonds. The molecule has 4 aromatic carbocycles. The summed E-state index contributed by atoms with van der Waals surface area (Å²) in [6.45, 7) is 0. The lowest BCUT2D eigenvalue weighted by Gasteiger charge is -2.13. The molecular formula is C44H30N4. The van der Waals surface area contributed by atoms with Crippen LogP contribution in [0, 0.1) is 0 Å². The summed E-state index contributed by atoms with van der Waals surface area (Å²) in [7, 11) is 0. The van der Waals surface area contributed by atoms with E-state index in [2.05, 4.69) is 141 Å². The van der Waals surface area contributed by atoms with E-state index in [9.17, 15) is 0 Å². The minimum atomic E-state index is 0.855. The van der Waals surface area contributed by atoms with Gasteiger partial charge in [0.05, 0.1) is 22.8 Å². The van der Waals surface area contributed by atoms with Gasteiger partial charge >= 0.3 is 0 Å². The molecule has 4 heteroatoms. The molecule has 0 aliphatic rings. The number of nitrogens with zero attached hydrogens (tertiary/aromatic N) is 4. The summed E-state index contributed by atoms with van der Waals surface area (Å²) in [5.74, 6) is 0. The van der Waals surface area contributed by atoms with Crippen molar-refractivity contribution >= 4 is 0 Å². The maximum atomic E-state index is 4.59. The second-order valence-corrected chi connectivity index (χ2v) is 11.6. The molecule has 0 aliphatic heterocycles. The van der Waals surface area contributed by atoms with E-state index >= 15 is 0 Å². The number of aromatic nitrogens is 4. The van der Waals surface area contributed by atoms with Gasteiger partial charge in [0.1, 0.15) is 0 Å². The van der Waals surface area contributed by atoms with Gasteiger partial charge in [-0.25, -0.2) is 0 Å². The van der Waals surface area contributed by atoms with Crippen LogP contribution in [0.25, 0.3) is 78.4 Å². The van der Waals surface area contributed by atoms with Gasteiger partial charge in [-0.2, -0.15) is 0 Å². The standard InChI is InChI=1S/C44H30N4/c1-2-10-31(11-3-1)38-26-39(34-14-8-12-32(24-34)36-18-22-47-43(29-36)41-16-4-6-20-45-41)28-40(27-38)35-15-9-13-33(25-35)37-19-23-48-44(30-37)42-17-5-7-21-46-42/h1-30H. The Labute approximate surface area is 280 Å². The third kappa shape index (κ3) is 6.15. The van der Waals surface area contributed by atoms with Crippen molar-refractivity contribution in [1.29, 1.82) is 0 Å². The average molecular weight is 615 g/mol. The van der Waals surface area contributed by atoms with Gasteiger partial charge in [-0.15, -0.1) is 0 Å². The molecule has 0 radical (unpaired) electrons. The zero-order chi connectivity index (χ0) is 32.1. The molecular weight excluding hydrogens is 585 g/mol. The highest BCUT2D eigenvalue weighted by atomic mass is 14.8. The van der Waals surface area contributed by atoms with Crippen LogP contribution in [0.1, 0.15) is 0 Å². The zero-order valence-electron chi connectivity index (χ0n) is 26.1. The molecule has 48 heavy (non-hydrogen) atoms. The molecule has 0 bridgehead atoms. The van der Waals surface area contributed by atoms with Crippen molar-refractivity contribution in [2.75, 3.05) is 0 Å². The normalized spacial score (nSPS) is 10.9. The van der Waals surface area contributed by atoms with Crippen molar-refractivity contribution in [1.82, 2.24) is 19.9 Å². The fourth-order valence-corrected chi connectivity index (χ4v) is 6.04. The van der Waals surface area contributed by atoms with E-state index in [1.807, 2.05) is 48.8 Å². The Kier molecular flexibility index (Phi) is 7.87. The van der Waals surface area contributed by atoms with Gasteiger partial charge in [0.25, 0.3) is 0 Å². The Balaban J connectivity index is 1.20. The van der Waals surface area contributed by atoms with Gasteiger partial charge in [-0.3, -0.25) is 19.9 Å². The maximum absolute atomic E-state index is 4.59.